The maximum Gasteiger partial charge on any atom is 0.337 e. The van der Waals surface area contributed by atoms with Crippen molar-refractivity contribution < 1.29 is 9.53 Å². The Hall–Kier alpha value is -2.57. The van der Waals surface area contributed by atoms with Crippen molar-refractivity contribution in [3.8, 4) is 0 Å². The van der Waals surface area contributed by atoms with Gasteiger partial charge in [0.1, 0.15) is 12.6 Å². The molecule has 1 atom stereocenters. The van der Waals surface area contributed by atoms with E-state index in [0.29, 0.717) is 10.9 Å². The minimum atomic E-state index is -0.514. The molecule has 0 saturated heterocycles. The van der Waals surface area contributed by atoms with Crippen molar-refractivity contribution in [3.05, 3.63) is 34.6 Å². The van der Waals surface area contributed by atoms with Crippen molar-refractivity contribution in [2.24, 2.45) is 4.99 Å². The summed E-state index contributed by atoms with van der Waals surface area (Å²) in [5.74, 6) is -0.167. The van der Waals surface area contributed by atoms with Crippen LogP contribution in [0.5, 0.6) is 0 Å². The minimum Gasteiger partial charge on any atom is -0.408 e. The topological polar surface area (TPSA) is 86.4 Å². The van der Waals surface area contributed by atoms with E-state index in [4.69, 9.17) is 4.74 Å². The highest BCUT2D eigenvalue weighted by atomic mass is 16.6. The Kier molecular flexibility index (Phi) is 2.81. The summed E-state index contributed by atoms with van der Waals surface area (Å²) in [4.78, 5) is 35.9. The van der Waals surface area contributed by atoms with Gasteiger partial charge in [-0.05, 0) is 19.4 Å². The highest BCUT2D eigenvalue weighted by Gasteiger charge is 2.25. The SMILES string of the molecule is Cc1cncc2ncn(CC3=NC(C)C(=O)O3)c(=O)c12. The van der Waals surface area contributed by atoms with Crippen molar-refractivity contribution in [1.29, 1.82) is 0 Å². The van der Waals surface area contributed by atoms with Gasteiger partial charge in [-0.25, -0.2) is 14.8 Å². The third kappa shape index (κ3) is 1.97. The number of carbonyl (C=O) groups is 1. The van der Waals surface area contributed by atoms with Gasteiger partial charge < -0.3 is 4.74 Å². The quantitative estimate of drug-likeness (QED) is 0.740. The Morgan fingerprint density at radius 1 is 1.35 bits per heavy atom. The molecule has 1 aliphatic rings. The van der Waals surface area contributed by atoms with Gasteiger partial charge in [-0.2, -0.15) is 0 Å². The lowest BCUT2D eigenvalue weighted by atomic mass is 10.2. The lowest BCUT2D eigenvalue weighted by Gasteiger charge is -2.06. The summed E-state index contributed by atoms with van der Waals surface area (Å²) < 4.78 is 6.36. The van der Waals surface area contributed by atoms with Gasteiger partial charge in [0, 0.05) is 6.20 Å². The summed E-state index contributed by atoms with van der Waals surface area (Å²) in [5.41, 5.74) is 1.10. The number of hydrogen-bond acceptors (Lipinski definition) is 6. The third-order valence-corrected chi connectivity index (χ3v) is 3.13. The smallest absolute Gasteiger partial charge is 0.337 e. The first-order chi connectivity index (χ1) is 9.56. The molecule has 2 aromatic rings. The van der Waals surface area contributed by atoms with Crippen molar-refractivity contribution in [2.75, 3.05) is 0 Å². The number of cyclic esters (lactones) is 1. The zero-order chi connectivity index (χ0) is 14.3. The highest BCUT2D eigenvalue weighted by Crippen LogP contribution is 2.10. The minimum absolute atomic E-state index is 0.0968. The van der Waals surface area contributed by atoms with Crippen LogP contribution in [0.15, 0.2) is 28.5 Å². The number of nitrogens with zero attached hydrogens (tertiary/aromatic N) is 4. The second-order valence-electron chi connectivity index (χ2n) is 4.65. The van der Waals surface area contributed by atoms with E-state index in [-0.39, 0.29) is 18.0 Å². The van der Waals surface area contributed by atoms with Crippen LogP contribution < -0.4 is 5.56 Å². The Balaban J connectivity index is 2.04. The number of pyridine rings is 1. The monoisotopic (exact) mass is 272 g/mol. The number of hydrogen-bond donors (Lipinski definition) is 0. The van der Waals surface area contributed by atoms with Crippen LogP contribution in [0.4, 0.5) is 0 Å². The van der Waals surface area contributed by atoms with Crippen molar-refractivity contribution in [3.63, 3.8) is 0 Å². The van der Waals surface area contributed by atoms with Crippen LogP contribution in [0.3, 0.4) is 0 Å². The van der Waals surface area contributed by atoms with Gasteiger partial charge in [-0.1, -0.05) is 0 Å². The van der Waals surface area contributed by atoms with Crippen LogP contribution in [0.1, 0.15) is 12.5 Å². The Labute approximate surface area is 113 Å². The molecule has 0 N–H and O–H groups in total. The molecule has 0 fully saturated rings. The van der Waals surface area contributed by atoms with E-state index >= 15 is 0 Å². The molecular weight excluding hydrogens is 260 g/mol. The molecule has 0 bridgehead atoms. The molecule has 102 valence electrons. The van der Waals surface area contributed by atoms with Gasteiger partial charge in [-0.15, -0.1) is 0 Å². The molecule has 0 amide bonds. The van der Waals surface area contributed by atoms with Crippen molar-refractivity contribution >= 4 is 22.8 Å². The summed E-state index contributed by atoms with van der Waals surface area (Å²) in [6.07, 6.45) is 4.57. The van der Waals surface area contributed by atoms with E-state index in [1.807, 2.05) is 0 Å². The fourth-order valence-corrected chi connectivity index (χ4v) is 2.08. The molecule has 0 aromatic carbocycles. The molecule has 0 saturated carbocycles. The van der Waals surface area contributed by atoms with Gasteiger partial charge in [0.15, 0.2) is 0 Å². The zero-order valence-electron chi connectivity index (χ0n) is 11.0. The standard InChI is InChI=1S/C13H12N4O3/c1-7-3-14-4-9-11(7)12(18)17(6-15-9)5-10-16-8(2)13(19)20-10/h3-4,6,8H,5H2,1-2H3. The molecule has 3 heterocycles. The molecule has 0 aliphatic carbocycles. The first kappa shape index (κ1) is 12.5. The number of aryl methyl sites for hydroxylation is 1. The van der Waals surface area contributed by atoms with Crippen LogP contribution in [-0.2, 0) is 16.1 Å². The van der Waals surface area contributed by atoms with Crippen LogP contribution in [-0.4, -0.2) is 32.4 Å². The van der Waals surface area contributed by atoms with Gasteiger partial charge in [-0.3, -0.25) is 14.3 Å². The van der Waals surface area contributed by atoms with E-state index in [9.17, 15) is 9.59 Å². The van der Waals surface area contributed by atoms with Crippen LogP contribution in [0.2, 0.25) is 0 Å². The number of esters is 1. The number of fused-ring (bicyclic) bond motifs is 1. The predicted molar refractivity (Wildman–Crippen MR) is 71.5 cm³/mol. The first-order valence-electron chi connectivity index (χ1n) is 6.14. The average Bonchev–Trinajstić information content (AvgIpc) is 2.72. The Morgan fingerprint density at radius 3 is 2.85 bits per heavy atom. The summed E-state index contributed by atoms with van der Waals surface area (Å²) in [5, 5.41) is 0.514. The fraction of sp³-hybridized carbons (Fsp3) is 0.308. The molecular formula is C13H12N4O3. The Morgan fingerprint density at radius 2 is 2.15 bits per heavy atom. The largest absolute Gasteiger partial charge is 0.408 e. The highest BCUT2D eigenvalue weighted by molar-refractivity contribution is 5.96. The molecule has 7 heteroatoms. The van der Waals surface area contributed by atoms with E-state index in [1.165, 1.54) is 10.9 Å². The lowest BCUT2D eigenvalue weighted by molar-refractivity contribution is -0.134. The van der Waals surface area contributed by atoms with Crippen LogP contribution in [0.25, 0.3) is 10.9 Å². The molecule has 1 unspecified atom stereocenters. The summed E-state index contributed by atoms with van der Waals surface area (Å²) in [6, 6.07) is -0.514. The maximum atomic E-state index is 12.4. The molecule has 20 heavy (non-hydrogen) atoms. The first-order valence-corrected chi connectivity index (χ1v) is 6.14. The van der Waals surface area contributed by atoms with Crippen LogP contribution in [0, 0.1) is 6.92 Å². The lowest BCUT2D eigenvalue weighted by Crippen LogP contribution is -2.25. The van der Waals surface area contributed by atoms with Crippen LogP contribution >= 0.6 is 0 Å². The molecule has 7 nitrogen and oxygen atoms in total. The maximum absolute atomic E-state index is 12.4. The molecule has 3 rings (SSSR count). The molecule has 0 spiro atoms. The van der Waals surface area contributed by atoms with E-state index < -0.39 is 12.0 Å². The second kappa shape index (κ2) is 4.52. The average molecular weight is 272 g/mol. The Bertz CT molecular complexity index is 794. The fourth-order valence-electron chi connectivity index (χ4n) is 2.08. The van der Waals surface area contributed by atoms with Crippen molar-refractivity contribution in [1.82, 2.24) is 14.5 Å². The van der Waals surface area contributed by atoms with E-state index in [2.05, 4.69) is 15.0 Å². The molecule has 0 radical (unpaired) electrons. The summed E-state index contributed by atoms with van der Waals surface area (Å²) in [6.45, 7) is 3.55. The van der Waals surface area contributed by atoms with Gasteiger partial charge in [0.05, 0.1) is 23.4 Å². The van der Waals surface area contributed by atoms with E-state index in [0.717, 1.165) is 5.56 Å². The van der Waals surface area contributed by atoms with Gasteiger partial charge in [0.25, 0.3) is 5.56 Å². The summed E-state index contributed by atoms with van der Waals surface area (Å²) >= 11 is 0. The third-order valence-electron chi connectivity index (χ3n) is 3.13. The van der Waals surface area contributed by atoms with Gasteiger partial charge >= 0.3 is 5.97 Å². The summed E-state index contributed by atoms with van der Waals surface area (Å²) in [7, 11) is 0. The molecule has 2 aromatic heterocycles. The predicted octanol–water partition coefficient (Wildman–Crippen LogP) is 0.444. The number of carbonyl (C=O) groups excluding carboxylic acids is 1. The van der Waals surface area contributed by atoms with Gasteiger partial charge in [0.2, 0.25) is 5.90 Å². The van der Waals surface area contributed by atoms with E-state index in [1.54, 1.807) is 26.2 Å². The number of rotatable bonds is 2. The second-order valence-corrected chi connectivity index (χ2v) is 4.65. The normalized spacial score (nSPS) is 18.2. The zero-order valence-corrected chi connectivity index (χ0v) is 11.0. The molecule has 1 aliphatic heterocycles. The number of aromatic nitrogens is 3. The number of ether oxygens (including phenoxy) is 1. The number of aliphatic imine (C=N–C) groups is 1. The van der Waals surface area contributed by atoms with Crippen molar-refractivity contribution in [2.45, 2.75) is 26.4 Å².